The normalized spacial score (nSPS) is 15.9. The zero-order valence-electron chi connectivity index (χ0n) is 37.6. The number of esters is 1. The first-order valence-electron chi connectivity index (χ1n) is 21.7. The lowest BCUT2D eigenvalue weighted by Gasteiger charge is -2.37. The predicted octanol–water partition coefficient (Wildman–Crippen LogP) is 7.25. The van der Waals surface area contributed by atoms with Gasteiger partial charge >= 0.3 is 11.9 Å². The van der Waals surface area contributed by atoms with Crippen molar-refractivity contribution in [1.82, 2.24) is 10.6 Å². The highest BCUT2D eigenvalue weighted by Crippen LogP contribution is 2.37. The second-order valence-corrected chi connectivity index (χ2v) is 21.9. The van der Waals surface area contributed by atoms with Crippen molar-refractivity contribution in [3.05, 3.63) is 42.0 Å². The molecular formula is C46H74N2O11Si. The molecule has 1 aliphatic rings. The van der Waals surface area contributed by atoms with Gasteiger partial charge in [0.2, 0.25) is 11.8 Å². The monoisotopic (exact) mass is 859 g/mol. The van der Waals surface area contributed by atoms with Gasteiger partial charge in [0.25, 0.3) is 0 Å². The summed E-state index contributed by atoms with van der Waals surface area (Å²) in [6.07, 6.45) is 14.6. The lowest BCUT2D eigenvalue weighted by molar-refractivity contribution is -0.168. The van der Waals surface area contributed by atoms with Gasteiger partial charge in [0.15, 0.2) is 19.7 Å². The van der Waals surface area contributed by atoms with Crippen molar-refractivity contribution in [3.63, 3.8) is 0 Å². The van der Waals surface area contributed by atoms with Crippen LogP contribution in [0.15, 0.2) is 36.4 Å². The van der Waals surface area contributed by atoms with E-state index in [1.807, 2.05) is 13.1 Å². The first-order chi connectivity index (χ1) is 28.4. The minimum absolute atomic E-state index is 0.0135. The minimum Gasteiger partial charge on any atom is -0.481 e. The van der Waals surface area contributed by atoms with Crippen molar-refractivity contribution in [2.24, 2.45) is 5.92 Å². The Kier molecular flexibility index (Phi) is 23.2. The van der Waals surface area contributed by atoms with Crippen LogP contribution in [0, 0.1) is 17.8 Å². The number of methoxy groups -OCH3 is 1. The summed E-state index contributed by atoms with van der Waals surface area (Å²) in [6, 6.07) is 5.63. The highest BCUT2D eigenvalue weighted by Gasteiger charge is 2.48. The maximum absolute atomic E-state index is 14.3. The van der Waals surface area contributed by atoms with E-state index in [9.17, 15) is 29.4 Å². The Labute approximate surface area is 360 Å². The molecule has 13 nitrogen and oxygen atoms in total. The second kappa shape index (κ2) is 26.6. The van der Waals surface area contributed by atoms with Crippen LogP contribution in [0.3, 0.4) is 0 Å². The van der Waals surface area contributed by atoms with E-state index in [1.165, 1.54) is 38.9 Å². The zero-order valence-corrected chi connectivity index (χ0v) is 38.6. The van der Waals surface area contributed by atoms with Gasteiger partial charge in [-0.3, -0.25) is 14.4 Å². The quantitative estimate of drug-likeness (QED) is 0.0210. The Balaban J connectivity index is 2.26. The van der Waals surface area contributed by atoms with Crippen LogP contribution in [0.2, 0.25) is 18.1 Å². The van der Waals surface area contributed by atoms with Gasteiger partial charge in [-0.05, 0) is 68.4 Å². The Hall–Kier alpha value is -3.74. The van der Waals surface area contributed by atoms with Crippen molar-refractivity contribution >= 4 is 32.1 Å². The Bertz CT molecular complexity index is 1560. The fraction of sp³-hybridized carbons (Fsp3) is 0.696. The van der Waals surface area contributed by atoms with Crippen molar-refractivity contribution in [3.8, 4) is 17.6 Å². The van der Waals surface area contributed by atoms with Crippen LogP contribution >= 0.6 is 0 Å². The molecule has 0 unspecified atom stereocenters. The summed E-state index contributed by atoms with van der Waals surface area (Å²) >= 11 is 0. The summed E-state index contributed by atoms with van der Waals surface area (Å²) in [5.41, 5.74) is -1.92. The van der Waals surface area contributed by atoms with Gasteiger partial charge in [0.1, 0.15) is 24.9 Å². The third kappa shape index (κ3) is 18.1. The number of allylic oxidation sites excluding steroid dienone is 1. The number of benzene rings is 1. The van der Waals surface area contributed by atoms with Gasteiger partial charge < -0.3 is 44.2 Å². The number of carboxylic acids is 1. The van der Waals surface area contributed by atoms with Crippen LogP contribution in [0.5, 0.6) is 5.75 Å². The molecule has 14 heteroatoms. The molecule has 0 aliphatic carbocycles. The summed E-state index contributed by atoms with van der Waals surface area (Å²) in [4.78, 5) is 52.6. The molecule has 3 atom stereocenters. The zero-order chi connectivity index (χ0) is 44.7. The molecule has 2 rings (SSSR count). The maximum atomic E-state index is 14.3. The predicted molar refractivity (Wildman–Crippen MR) is 235 cm³/mol. The van der Waals surface area contributed by atoms with Gasteiger partial charge in [-0.15, -0.1) is 5.92 Å². The van der Waals surface area contributed by atoms with E-state index in [4.69, 9.17) is 18.6 Å². The number of aliphatic carboxylic acids is 1. The Morgan fingerprint density at radius 2 is 1.57 bits per heavy atom. The maximum Gasteiger partial charge on any atom is 0.336 e. The highest BCUT2D eigenvalue weighted by molar-refractivity contribution is 6.74. The smallest absolute Gasteiger partial charge is 0.336 e. The van der Waals surface area contributed by atoms with Crippen molar-refractivity contribution < 1.29 is 52.8 Å². The number of ether oxygens (including phenoxy) is 4. The van der Waals surface area contributed by atoms with Crippen LogP contribution in [-0.2, 0) is 44.2 Å². The van der Waals surface area contributed by atoms with Gasteiger partial charge in [-0.2, -0.15) is 0 Å². The van der Waals surface area contributed by atoms with E-state index >= 15 is 0 Å². The molecule has 1 fully saturated rings. The number of amides is 2. The fourth-order valence-corrected chi connectivity index (χ4v) is 7.71. The summed E-state index contributed by atoms with van der Waals surface area (Å²) in [5.74, 6) is 0.235. The molecule has 60 heavy (non-hydrogen) atoms. The minimum atomic E-state index is -2.57. The number of carbonyl (C=O) groups excluding carboxylic acids is 3. The summed E-state index contributed by atoms with van der Waals surface area (Å²) in [5, 5.41) is 27.4. The van der Waals surface area contributed by atoms with E-state index in [0.717, 1.165) is 44.9 Å². The molecule has 4 N–H and O–H groups in total. The van der Waals surface area contributed by atoms with E-state index in [2.05, 4.69) is 54.9 Å². The van der Waals surface area contributed by atoms with Crippen LogP contribution in [0.25, 0.3) is 0 Å². The first-order valence-corrected chi connectivity index (χ1v) is 24.6. The SMILES string of the molecule is CC#CCOc1ccc(C[C@H](NC(=O)[C@@H](C=CCCCCCCC2(CCCCCCC)OCCO2)[C@@](O)(CCO[Si](C)(C)C(C)(C)C)C(=O)O)C(=O)NCC(=O)OC)cc1. The van der Waals surface area contributed by atoms with E-state index in [1.54, 1.807) is 37.3 Å². The lowest BCUT2D eigenvalue weighted by Crippen LogP contribution is -2.57. The molecule has 1 aromatic carbocycles. The Morgan fingerprint density at radius 3 is 2.13 bits per heavy atom. The molecule has 0 radical (unpaired) electrons. The molecule has 0 bridgehead atoms. The number of nitrogens with one attached hydrogen (secondary N) is 2. The number of carbonyl (C=O) groups is 4. The topological polar surface area (TPSA) is 179 Å². The molecule has 0 spiro atoms. The van der Waals surface area contributed by atoms with Crippen molar-refractivity contribution in [2.45, 2.75) is 160 Å². The largest absolute Gasteiger partial charge is 0.481 e. The van der Waals surface area contributed by atoms with Gasteiger partial charge in [0.05, 0.1) is 26.2 Å². The molecular weight excluding hydrogens is 785 g/mol. The highest BCUT2D eigenvalue weighted by atomic mass is 28.4. The molecule has 1 aliphatic heterocycles. The average molecular weight is 859 g/mol. The average Bonchev–Trinajstić information content (AvgIpc) is 3.67. The number of hydrogen-bond donors (Lipinski definition) is 4. The summed E-state index contributed by atoms with van der Waals surface area (Å²) < 4.78 is 28.7. The van der Waals surface area contributed by atoms with Crippen LogP contribution in [0.4, 0.5) is 0 Å². The first kappa shape index (κ1) is 52.4. The van der Waals surface area contributed by atoms with Crippen LogP contribution in [0.1, 0.15) is 124 Å². The molecule has 1 heterocycles. The summed E-state index contributed by atoms with van der Waals surface area (Å²) in [7, 11) is -1.15. The molecule has 338 valence electrons. The van der Waals surface area contributed by atoms with E-state index in [0.29, 0.717) is 30.9 Å². The second-order valence-electron chi connectivity index (χ2n) is 17.1. The third-order valence-electron chi connectivity index (χ3n) is 11.5. The number of hydrogen-bond acceptors (Lipinski definition) is 10. The third-order valence-corrected chi connectivity index (χ3v) is 16.1. The van der Waals surface area contributed by atoms with Gasteiger partial charge in [0, 0.05) is 32.3 Å². The standard InChI is InChI=1S/C46H74N2O11Si/c1-9-11-13-17-20-27-45(57-32-33-58-45)28-21-18-15-14-16-19-22-38(46(54,43(52)53)29-31-59-60(7,8)44(3,4)5)41(50)48-39(42(51)47-35-40(49)55-6)34-36-23-25-37(26-24-36)56-30-12-10-2/h19,22-26,38-39,54H,9,11,13-18,20-21,27-35H2,1-8H3,(H,47,51)(H,48,50)(H,52,53)/t38-,39+,46+/m1/s1. The number of aliphatic hydroxyl groups is 1. The number of carboxylic acid groups (broad SMARTS) is 1. The Morgan fingerprint density at radius 1 is 0.950 bits per heavy atom. The summed E-state index contributed by atoms with van der Waals surface area (Å²) in [6.45, 7) is 15.0. The van der Waals surface area contributed by atoms with E-state index in [-0.39, 0.29) is 31.1 Å². The molecule has 0 saturated carbocycles. The van der Waals surface area contributed by atoms with Gasteiger partial charge in [-0.25, -0.2) is 4.79 Å². The molecule has 1 aromatic rings. The van der Waals surface area contributed by atoms with Crippen molar-refractivity contribution in [1.29, 1.82) is 0 Å². The van der Waals surface area contributed by atoms with Crippen molar-refractivity contribution in [2.75, 3.05) is 40.1 Å². The molecule has 2 amide bonds. The van der Waals surface area contributed by atoms with E-state index < -0.39 is 62.0 Å². The lowest BCUT2D eigenvalue weighted by atomic mass is 9.83. The molecule has 1 saturated heterocycles. The number of unbranched alkanes of at least 4 members (excludes halogenated alkanes) is 8. The fourth-order valence-electron chi connectivity index (χ4n) is 6.66. The molecule has 0 aromatic heterocycles. The van der Waals surface area contributed by atoms with Crippen LogP contribution < -0.4 is 15.4 Å². The van der Waals surface area contributed by atoms with Crippen LogP contribution in [-0.4, -0.2) is 99.8 Å². The number of rotatable bonds is 29. The van der Waals surface area contributed by atoms with Gasteiger partial charge in [-0.1, -0.05) is 96.4 Å².